The number of nitriles is 1. The summed E-state index contributed by atoms with van der Waals surface area (Å²) in [6, 6.07) is 0. The van der Waals surface area contributed by atoms with E-state index < -0.39 is 0 Å². The molecule has 0 saturated carbocycles. The van der Waals surface area contributed by atoms with E-state index in [-0.39, 0.29) is 17.9 Å². The third kappa shape index (κ3) is 38.9. The lowest BCUT2D eigenvalue weighted by molar-refractivity contribution is -0.149. The van der Waals surface area contributed by atoms with Crippen LogP contribution in [0.3, 0.4) is 0 Å². The first kappa shape index (κ1) is 54.7. The zero-order valence-corrected chi connectivity index (χ0v) is 38.1. The topological polar surface area (TPSA) is 116 Å². The fraction of sp³-hybridized carbons (Fsp3) is 0.917. The number of unbranched alkanes of at least 4 members (excludes halogenated alkanes) is 24. The van der Waals surface area contributed by atoms with Gasteiger partial charge in [0.1, 0.15) is 0 Å². The van der Waals surface area contributed by atoms with Gasteiger partial charge in [0.15, 0.2) is 6.19 Å². The average Bonchev–Trinajstić information content (AvgIpc) is 3.21. The average molecular weight is 804 g/mol. The molecule has 9 heteroatoms. The van der Waals surface area contributed by atoms with E-state index >= 15 is 0 Å². The standard InChI is InChI=1S/C48H93N5O4/c1-5-8-11-14-17-25-32-42-56-46(54)37-29-22-18-23-30-39-53(41-34-38-51-48(50-4)52-44-49)40-31-24-19-26-33-43-57-47(55)45(35-27-20-15-12-9-6-2)36-28-21-16-13-10-7-3/h45H,5-43H2,1-4H3,(H2,50,51,52). The van der Waals surface area contributed by atoms with E-state index in [1.165, 1.54) is 122 Å². The molecule has 0 amide bonds. The van der Waals surface area contributed by atoms with Gasteiger partial charge in [-0.05, 0) is 71.0 Å². The smallest absolute Gasteiger partial charge is 0.308 e. The molecule has 0 aliphatic carbocycles. The lowest BCUT2D eigenvalue weighted by Gasteiger charge is -2.22. The quantitative estimate of drug-likeness (QED) is 0.0156. The second-order valence-electron chi connectivity index (χ2n) is 16.5. The summed E-state index contributed by atoms with van der Waals surface area (Å²) in [5.41, 5.74) is 0. The highest BCUT2D eigenvalue weighted by Gasteiger charge is 2.19. The van der Waals surface area contributed by atoms with Gasteiger partial charge < -0.3 is 19.7 Å². The first-order valence-electron chi connectivity index (χ1n) is 24.4. The summed E-state index contributed by atoms with van der Waals surface area (Å²) < 4.78 is 11.3. The maximum Gasteiger partial charge on any atom is 0.308 e. The molecule has 0 bridgehead atoms. The van der Waals surface area contributed by atoms with Gasteiger partial charge in [0.25, 0.3) is 0 Å². The van der Waals surface area contributed by atoms with Crippen molar-refractivity contribution in [1.82, 2.24) is 15.5 Å². The van der Waals surface area contributed by atoms with Gasteiger partial charge in [-0.25, -0.2) is 0 Å². The molecule has 0 aliphatic rings. The van der Waals surface area contributed by atoms with Crippen molar-refractivity contribution in [2.75, 3.05) is 46.4 Å². The number of nitrogens with one attached hydrogen (secondary N) is 2. The number of carbonyl (C=O) groups excluding carboxylic acids is 2. The number of ether oxygens (including phenoxy) is 2. The second-order valence-corrected chi connectivity index (χ2v) is 16.5. The predicted octanol–water partition coefficient (Wildman–Crippen LogP) is 12.6. The highest BCUT2D eigenvalue weighted by molar-refractivity contribution is 5.80. The summed E-state index contributed by atoms with van der Waals surface area (Å²) in [4.78, 5) is 31.9. The largest absolute Gasteiger partial charge is 0.466 e. The van der Waals surface area contributed by atoms with Crippen molar-refractivity contribution in [3.05, 3.63) is 0 Å². The molecule has 0 unspecified atom stereocenters. The van der Waals surface area contributed by atoms with Crippen molar-refractivity contribution in [2.45, 2.75) is 233 Å². The first-order valence-corrected chi connectivity index (χ1v) is 24.4. The molecule has 0 aromatic rings. The number of rotatable bonds is 43. The van der Waals surface area contributed by atoms with Gasteiger partial charge in [0.05, 0.1) is 19.1 Å². The Morgan fingerprint density at radius 1 is 0.561 bits per heavy atom. The van der Waals surface area contributed by atoms with Gasteiger partial charge in [-0.1, -0.05) is 175 Å². The molecule has 57 heavy (non-hydrogen) atoms. The monoisotopic (exact) mass is 804 g/mol. The zero-order chi connectivity index (χ0) is 41.7. The van der Waals surface area contributed by atoms with Gasteiger partial charge in [-0.3, -0.25) is 19.9 Å². The van der Waals surface area contributed by atoms with E-state index in [0.29, 0.717) is 25.6 Å². The van der Waals surface area contributed by atoms with Crippen LogP contribution in [-0.4, -0.2) is 69.2 Å². The van der Waals surface area contributed by atoms with Crippen molar-refractivity contribution < 1.29 is 19.1 Å². The van der Waals surface area contributed by atoms with Crippen molar-refractivity contribution >= 4 is 17.9 Å². The summed E-state index contributed by atoms with van der Waals surface area (Å²) >= 11 is 0. The minimum absolute atomic E-state index is 0.0331. The molecule has 0 radical (unpaired) electrons. The second kappa shape index (κ2) is 44.8. The summed E-state index contributed by atoms with van der Waals surface area (Å²) in [5, 5.41) is 14.7. The Balaban J connectivity index is 4.41. The van der Waals surface area contributed by atoms with Crippen molar-refractivity contribution in [2.24, 2.45) is 10.9 Å². The van der Waals surface area contributed by atoms with Gasteiger partial charge in [0, 0.05) is 20.0 Å². The van der Waals surface area contributed by atoms with Gasteiger partial charge in [-0.15, -0.1) is 0 Å². The van der Waals surface area contributed by atoms with E-state index in [2.05, 4.69) is 41.3 Å². The molecule has 0 aromatic heterocycles. The summed E-state index contributed by atoms with van der Waals surface area (Å²) in [6.45, 7) is 11.8. The molecular weight excluding hydrogens is 711 g/mol. The molecule has 0 aromatic carbocycles. The van der Waals surface area contributed by atoms with E-state index in [1.807, 2.05) is 6.19 Å². The van der Waals surface area contributed by atoms with Gasteiger partial charge in [-0.2, -0.15) is 5.26 Å². The van der Waals surface area contributed by atoms with E-state index in [4.69, 9.17) is 14.7 Å². The Labute approximate surface area is 353 Å². The molecule has 0 rings (SSSR count). The van der Waals surface area contributed by atoms with Crippen LogP contribution in [0, 0.1) is 17.4 Å². The van der Waals surface area contributed by atoms with Crippen molar-refractivity contribution in [3.8, 4) is 6.19 Å². The Morgan fingerprint density at radius 2 is 0.982 bits per heavy atom. The number of hydrogen-bond acceptors (Lipinski definition) is 7. The van der Waals surface area contributed by atoms with Crippen LogP contribution in [0.4, 0.5) is 0 Å². The molecular formula is C48H93N5O4. The third-order valence-electron chi connectivity index (χ3n) is 11.2. The Morgan fingerprint density at radius 3 is 1.47 bits per heavy atom. The maximum atomic E-state index is 13.1. The molecule has 0 saturated heterocycles. The lowest BCUT2D eigenvalue weighted by atomic mass is 9.94. The summed E-state index contributed by atoms with van der Waals surface area (Å²) in [7, 11) is 1.68. The van der Waals surface area contributed by atoms with Crippen LogP contribution in [0.1, 0.15) is 233 Å². The summed E-state index contributed by atoms with van der Waals surface area (Å²) in [6.07, 6.45) is 40.3. The molecule has 0 heterocycles. The lowest BCUT2D eigenvalue weighted by Crippen LogP contribution is -2.36. The van der Waals surface area contributed by atoms with Crippen LogP contribution in [-0.2, 0) is 19.1 Å². The van der Waals surface area contributed by atoms with Crippen molar-refractivity contribution in [3.63, 3.8) is 0 Å². The Kier molecular flexibility index (Phi) is 42.9. The van der Waals surface area contributed by atoms with Crippen LogP contribution >= 0.6 is 0 Å². The van der Waals surface area contributed by atoms with Crippen LogP contribution in [0.5, 0.6) is 0 Å². The fourth-order valence-corrected chi connectivity index (χ4v) is 7.51. The Hall–Kier alpha value is -2.34. The van der Waals surface area contributed by atoms with E-state index in [1.54, 1.807) is 7.05 Å². The van der Waals surface area contributed by atoms with Crippen molar-refractivity contribution in [1.29, 1.82) is 5.26 Å². The van der Waals surface area contributed by atoms with E-state index in [9.17, 15) is 9.59 Å². The SMILES string of the molecule is CCCCCCCCCOC(=O)CCCCCCCN(CCCCCCCOC(=O)C(CCCCCCCC)CCCCCCCC)CCCNC(=NC)NC#N. The normalized spacial score (nSPS) is 11.6. The zero-order valence-electron chi connectivity index (χ0n) is 38.1. The molecule has 0 aliphatic heterocycles. The minimum atomic E-state index is -0.0331. The highest BCUT2D eigenvalue weighted by Crippen LogP contribution is 2.21. The highest BCUT2D eigenvalue weighted by atomic mass is 16.5. The number of carbonyl (C=O) groups is 2. The fourth-order valence-electron chi connectivity index (χ4n) is 7.51. The molecule has 9 nitrogen and oxygen atoms in total. The third-order valence-corrected chi connectivity index (χ3v) is 11.2. The number of nitrogens with zero attached hydrogens (tertiary/aromatic N) is 3. The number of esters is 2. The Bertz CT molecular complexity index is 940. The number of aliphatic imine (C=N–C) groups is 1. The molecule has 334 valence electrons. The predicted molar refractivity (Wildman–Crippen MR) is 241 cm³/mol. The number of guanidine groups is 1. The molecule has 0 fully saturated rings. The summed E-state index contributed by atoms with van der Waals surface area (Å²) in [5.74, 6) is 0.622. The maximum absolute atomic E-state index is 13.1. The van der Waals surface area contributed by atoms with E-state index in [0.717, 1.165) is 110 Å². The first-order chi connectivity index (χ1) is 28.0. The molecule has 2 N–H and O–H groups in total. The van der Waals surface area contributed by atoms with Crippen LogP contribution in [0.15, 0.2) is 4.99 Å². The van der Waals surface area contributed by atoms with Crippen LogP contribution in [0.2, 0.25) is 0 Å². The minimum Gasteiger partial charge on any atom is -0.466 e. The molecule has 0 spiro atoms. The van der Waals surface area contributed by atoms with Crippen LogP contribution < -0.4 is 10.6 Å². The molecule has 0 atom stereocenters. The van der Waals surface area contributed by atoms with Crippen LogP contribution in [0.25, 0.3) is 0 Å². The van der Waals surface area contributed by atoms with Gasteiger partial charge in [0.2, 0.25) is 5.96 Å². The van der Waals surface area contributed by atoms with Gasteiger partial charge >= 0.3 is 11.9 Å². The number of hydrogen-bond donors (Lipinski definition) is 2.